The van der Waals surface area contributed by atoms with Crippen molar-refractivity contribution in [2.45, 2.75) is 131 Å². The largest absolute Gasteiger partial charge is 0.385 e. The molecule has 1 amide bonds. The number of hydrogen-bond acceptors (Lipinski definition) is 16. The topological polar surface area (TPSA) is 397 Å². The highest BCUT2D eigenvalue weighted by Gasteiger charge is 2.59. The standard InChI is InChI=1S/C48H66N4O21P2S4.CH4/c1-46(2)39-30-38(79(69,70)71)20-22-41(39)51(25-10-12-27-77(63,64)65)43(46)16-6-4-7-17-44-47(3,40-29-37(76-73-72-56)19-21-42(40)52(44)26-11-13-28-78(66,67)68)23-9-5-8-18-45(54)49-32-36(53)34-50-24-14-15-35(33-50)31-48(55,74(57,58)59)75(60,61)62;/h4,6-7,14-17,19-22,24,29-30,33,36,53,55H,5,8-13,18,23,25-28,31-32,34H2,1-3H3,(H7-2,49,54,56,57,58,59,60,61,62,63,64,65,66,67,68,69,70,71);1H4/p+2. The minimum Gasteiger partial charge on any atom is -0.385 e. The molecule has 0 saturated carbocycles. The smallest absolute Gasteiger partial charge is 0.369 e. The highest BCUT2D eigenvalue weighted by Crippen LogP contribution is 2.68. The maximum Gasteiger partial charge on any atom is 0.369 e. The summed E-state index contributed by atoms with van der Waals surface area (Å²) >= 11 is 0.762. The van der Waals surface area contributed by atoms with E-state index >= 15 is 0 Å². The molecule has 25 nitrogen and oxygen atoms in total. The highest BCUT2D eigenvalue weighted by atomic mass is 32.2. The number of aliphatic hydroxyl groups excluding tert-OH is 1. The van der Waals surface area contributed by atoms with Crippen molar-refractivity contribution in [3.8, 4) is 0 Å². The Morgan fingerprint density at radius 2 is 1.51 bits per heavy atom. The van der Waals surface area contributed by atoms with Crippen LogP contribution in [0.1, 0.15) is 103 Å². The molecule has 2 aliphatic heterocycles. The van der Waals surface area contributed by atoms with Crippen molar-refractivity contribution in [1.82, 2.24) is 5.32 Å². The van der Waals surface area contributed by atoms with Gasteiger partial charge in [-0.25, -0.2) is 9.82 Å². The number of aromatic nitrogens is 1. The van der Waals surface area contributed by atoms with Crippen molar-refractivity contribution in [2.75, 3.05) is 36.0 Å². The van der Waals surface area contributed by atoms with Gasteiger partial charge in [0.25, 0.3) is 35.4 Å². The van der Waals surface area contributed by atoms with Gasteiger partial charge in [-0.1, -0.05) is 43.5 Å². The molecule has 0 radical (unpaired) electrons. The van der Waals surface area contributed by atoms with E-state index in [0.717, 1.165) is 34.7 Å². The molecule has 2 aliphatic rings. The highest BCUT2D eigenvalue weighted by molar-refractivity contribution is 7.94. The number of nitrogens with zero attached hydrogens (tertiary/aromatic N) is 3. The van der Waals surface area contributed by atoms with Gasteiger partial charge in [0.15, 0.2) is 24.7 Å². The van der Waals surface area contributed by atoms with Crippen LogP contribution in [0.3, 0.4) is 0 Å². The van der Waals surface area contributed by atoms with Crippen molar-refractivity contribution in [3.05, 3.63) is 114 Å². The van der Waals surface area contributed by atoms with E-state index in [9.17, 15) is 82.6 Å². The van der Waals surface area contributed by atoms with Crippen LogP contribution in [0.4, 0.5) is 11.4 Å². The van der Waals surface area contributed by atoms with Gasteiger partial charge < -0.3 is 40.0 Å². The van der Waals surface area contributed by atoms with Gasteiger partial charge in [-0.05, 0) is 101 Å². The van der Waals surface area contributed by atoms with Crippen LogP contribution in [0.25, 0.3) is 0 Å². The van der Waals surface area contributed by atoms with Crippen LogP contribution in [0.5, 0.6) is 0 Å². The fourth-order valence-electron chi connectivity index (χ4n) is 9.68. The summed E-state index contributed by atoms with van der Waals surface area (Å²) < 4.78 is 131. The zero-order valence-electron chi connectivity index (χ0n) is 43.4. The summed E-state index contributed by atoms with van der Waals surface area (Å²) in [5, 5.41) is 32.8. The first-order valence-corrected chi connectivity index (χ1v) is 33.3. The summed E-state index contributed by atoms with van der Waals surface area (Å²) in [5.74, 6) is -1.26. The molecule has 3 heterocycles. The molecule has 11 N–H and O–H groups in total. The summed E-state index contributed by atoms with van der Waals surface area (Å²) in [5.41, 5.74) is 2.85. The molecule has 3 aromatic rings. The van der Waals surface area contributed by atoms with Crippen molar-refractivity contribution in [3.63, 3.8) is 0 Å². The molecular formula is C49H72N4O21P2S4+2. The van der Waals surface area contributed by atoms with Gasteiger partial charge in [0.2, 0.25) is 11.6 Å². The van der Waals surface area contributed by atoms with Gasteiger partial charge in [-0.3, -0.25) is 27.6 Å². The van der Waals surface area contributed by atoms with Gasteiger partial charge >= 0.3 is 15.2 Å². The molecule has 446 valence electrons. The van der Waals surface area contributed by atoms with Crippen LogP contribution in [0.2, 0.25) is 0 Å². The molecule has 5 rings (SSSR count). The molecule has 1 aromatic heterocycles. The summed E-state index contributed by atoms with van der Waals surface area (Å²) in [7, 11) is -24.4. The Kier molecular flexibility index (Phi) is 24.0. The van der Waals surface area contributed by atoms with Crippen molar-refractivity contribution in [2.24, 2.45) is 0 Å². The van der Waals surface area contributed by atoms with E-state index in [4.69, 9.17) is 9.59 Å². The maximum absolute atomic E-state index is 13.0. The summed E-state index contributed by atoms with van der Waals surface area (Å²) in [6, 6.07) is 12.4. The number of carbonyl (C=O) groups is 1. The first-order valence-electron chi connectivity index (χ1n) is 24.7. The number of aliphatic hydroxyl groups is 2. The average molecular weight is 1240 g/mol. The number of benzene rings is 2. The lowest BCUT2D eigenvalue weighted by molar-refractivity contribution is -0.703. The normalized spacial score (nSPS) is 17.8. The first kappa shape index (κ1) is 68.4. The second kappa shape index (κ2) is 28.0. The zero-order valence-corrected chi connectivity index (χ0v) is 48.4. The molecule has 0 saturated heterocycles. The van der Waals surface area contributed by atoms with Crippen LogP contribution in [0.15, 0.2) is 107 Å². The lowest BCUT2D eigenvalue weighted by Crippen LogP contribution is -2.44. The molecule has 31 heteroatoms. The molecule has 80 heavy (non-hydrogen) atoms. The van der Waals surface area contributed by atoms with E-state index in [1.807, 2.05) is 55.7 Å². The Morgan fingerprint density at radius 1 is 0.850 bits per heavy atom. The van der Waals surface area contributed by atoms with Gasteiger partial charge in [-0.2, -0.15) is 29.8 Å². The minimum absolute atomic E-state index is 0. The average Bonchev–Trinajstić information content (AvgIpc) is 3.69. The number of hydrogen-bond donors (Lipinski definition) is 11. The van der Waals surface area contributed by atoms with E-state index in [1.165, 1.54) is 41.2 Å². The van der Waals surface area contributed by atoms with Crippen LogP contribution in [-0.4, -0.2) is 132 Å². The number of pyridine rings is 1. The fraction of sp³-hybridized carbons (Fsp3) is 0.490. The third-order valence-electron chi connectivity index (χ3n) is 13.7. The molecule has 2 unspecified atom stereocenters. The van der Waals surface area contributed by atoms with E-state index in [1.54, 1.807) is 24.3 Å². The van der Waals surface area contributed by atoms with Crippen LogP contribution in [-0.2, 0) is 77.4 Å². The molecule has 0 bridgehead atoms. The quantitative estimate of drug-likeness (QED) is 0.00558. The minimum atomic E-state index is -5.72. The number of rotatable bonds is 31. The molecule has 0 aliphatic carbocycles. The number of unbranched alkanes of at least 4 members (excludes halogenated alkanes) is 4. The van der Waals surface area contributed by atoms with E-state index in [0.29, 0.717) is 67.8 Å². The lowest BCUT2D eigenvalue weighted by Gasteiger charge is -2.30. The SMILES string of the molecule is C.CC1(C)C(C=CC=CC=C2N(CCCCS(=O)(=O)O)c3ccc(SOOO)cc3C2(C)CCCCCC(=O)NCC(O)C[n+]2cccc(CC(O)(P(=O)(O)O)P(=O)(O)O)c2)=[N+](CCCCS(=O)(=O)O)c2ccc(S(=O)(=O)O)cc21. The summed E-state index contributed by atoms with van der Waals surface area (Å²) in [6.07, 6.45) is 12.8. The van der Waals surface area contributed by atoms with Crippen molar-refractivity contribution >= 4 is 80.6 Å². The number of allylic oxidation sites excluding steroid dienone is 6. The van der Waals surface area contributed by atoms with Crippen LogP contribution >= 0.6 is 27.2 Å². The third-order valence-corrected chi connectivity index (χ3v) is 20.4. The van der Waals surface area contributed by atoms with Gasteiger partial charge in [0, 0.05) is 83.4 Å². The molecule has 2 atom stereocenters. The number of fused-ring (bicyclic) bond motifs is 2. The second-order valence-corrected chi connectivity index (χ2v) is 29.3. The Hall–Kier alpha value is -4.07. The predicted octanol–water partition coefficient (Wildman–Crippen LogP) is 5.44. The molecular weight excluding hydrogens is 1170 g/mol. The number of anilines is 1. The third kappa shape index (κ3) is 18.2. The van der Waals surface area contributed by atoms with E-state index in [2.05, 4.69) is 15.3 Å². The van der Waals surface area contributed by atoms with E-state index in [-0.39, 0.29) is 56.1 Å². The summed E-state index contributed by atoms with van der Waals surface area (Å²) in [6.45, 7) is 6.10. The van der Waals surface area contributed by atoms with Gasteiger partial charge in [-0.15, -0.1) is 4.33 Å². The molecule has 2 aromatic carbocycles. The fourth-order valence-corrected chi connectivity index (χ4v) is 13.9. The van der Waals surface area contributed by atoms with Crippen molar-refractivity contribution < 1.29 is 106 Å². The van der Waals surface area contributed by atoms with Crippen LogP contribution < -0.4 is 14.8 Å². The zero-order chi connectivity index (χ0) is 58.8. The molecule has 0 fully saturated rings. The lowest BCUT2D eigenvalue weighted by atomic mass is 9.77. The predicted molar refractivity (Wildman–Crippen MR) is 297 cm³/mol. The number of amides is 1. The number of nitrogens with one attached hydrogen (secondary N) is 1. The van der Waals surface area contributed by atoms with Gasteiger partial charge in [0.05, 0.1) is 33.9 Å². The van der Waals surface area contributed by atoms with E-state index < -0.39 is 85.5 Å². The monoisotopic (exact) mass is 1240 g/mol. The Labute approximate surface area is 470 Å². The summed E-state index contributed by atoms with van der Waals surface area (Å²) in [4.78, 5) is 53.4. The Balaban J connectivity index is 0.0000138. The van der Waals surface area contributed by atoms with Gasteiger partial charge in [0.1, 0.15) is 12.6 Å². The Morgan fingerprint density at radius 3 is 2.14 bits per heavy atom. The second-order valence-electron chi connectivity index (χ2n) is 20.0. The first-order chi connectivity index (χ1) is 36.6. The number of carbonyl (C=O) groups excluding carboxylic acids is 1. The molecule has 0 spiro atoms. The maximum atomic E-state index is 13.0. The van der Waals surface area contributed by atoms with Crippen molar-refractivity contribution in [1.29, 1.82) is 0 Å². The Bertz CT molecular complexity index is 3250. The van der Waals surface area contributed by atoms with Crippen LogP contribution in [0, 0.1) is 0 Å².